The highest BCUT2D eigenvalue weighted by Crippen LogP contribution is 2.35. The van der Waals surface area contributed by atoms with Crippen LogP contribution in [-0.2, 0) is 10.8 Å². The summed E-state index contributed by atoms with van der Waals surface area (Å²) in [5.41, 5.74) is 2.89. The third-order valence-corrected chi connectivity index (χ3v) is 5.46. The van der Waals surface area contributed by atoms with Gasteiger partial charge in [0.2, 0.25) is 21.1 Å². The van der Waals surface area contributed by atoms with Crippen LogP contribution >= 0.6 is 11.3 Å². The van der Waals surface area contributed by atoms with E-state index in [9.17, 15) is 0 Å². The second kappa shape index (κ2) is 6.34. The van der Waals surface area contributed by atoms with Gasteiger partial charge >= 0.3 is 0 Å². The normalized spacial score (nSPS) is 12.8. The van der Waals surface area contributed by atoms with Crippen LogP contribution in [0.4, 0.5) is 0 Å². The molecule has 2 aromatic rings. The fourth-order valence-corrected chi connectivity index (χ4v) is 3.35. The number of hydrogen-bond acceptors (Lipinski definition) is 0. The Bertz CT molecular complexity index is 620. The average Bonchev–Trinajstić information content (AvgIpc) is 2.44. The summed E-state index contributed by atoms with van der Waals surface area (Å²) in [4.78, 5) is 2.88. The molecule has 0 aliphatic heterocycles. The highest BCUT2D eigenvalue weighted by atomic mass is 32.1. The summed E-state index contributed by atoms with van der Waals surface area (Å²) in [5, 5.41) is 0. The van der Waals surface area contributed by atoms with Gasteiger partial charge in [-0.05, 0) is 11.1 Å². The molecule has 1 aromatic heterocycles. The van der Waals surface area contributed by atoms with Gasteiger partial charge in [-0.1, -0.05) is 84.0 Å². The highest BCUT2D eigenvalue weighted by molar-refractivity contribution is 7.12. The molecule has 0 nitrogen and oxygen atoms in total. The molecule has 0 saturated carbocycles. The van der Waals surface area contributed by atoms with Crippen molar-refractivity contribution in [3.05, 3.63) is 63.3 Å². The molecule has 0 amide bonds. The summed E-state index contributed by atoms with van der Waals surface area (Å²) in [5.74, 6) is 0. The van der Waals surface area contributed by atoms with Gasteiger partial charge in [-0.15, -0.1) is 0 Å². The Hall–Kier alpha value is -1.47. The van der Waals surface area contributed by atoms with Crippen molar-refractivity contribution < 1.29 is 0 Å². The Morgan fingerprint density at radius 3 is 1.59 bits per heavy atom. The van der Waals surface area contributed by atoms with Gasteiger partial charge in [-0.3, -0.25) is 0 Å². The number of benzene rings is 1. The smallest absolute Gasteiger partial charge is 0.0622 e. The van der Waals surface area contributed by atoms with Crippen molar-refractivity contribution in [2.45, 2.75) is 52.4 Å². The van der Waals surface area contributed by atoms with Crippen LogP contribution < -0.4 is 0 Å². The van der Waals surface area contributed by atoms with Crippen LogP contribution in [0.3, 0.4) is 0 Å². The lowest BCUT2D eigenvalue weighted by molar-refractivity contribution is 0.593. The number of rotatable bonds is 2. The van der Waals surface area contributed by atoms with E-state index in [2.05, 4.69) is 96.2 Å². The van der Waals surface area contributed by atoms with Crippen molar-refractivity contribution in [3.8, 4) is 0 Å². The molecule has 0 saturated heterocycles. The van der Waals surface area contributed by atoms with E-state index in [1.165, 1.54) is 20.9 Å². The first-order valence-corrected chi connectivity index (χ1v) is 8.70. The van der Waals surface area contributed by atoms with E-state index in [0.29, 0.717) is 0 Å². The number of hydrogen-bond donors (Lipinski definition) is 0. The molecular weight excluding hydrogens is 284 g/mol. The Labute approximate surface area is 139 Å². The summed E-state index contributed by atoms with van der Waals surface area (Å²) in [6.07, 6.45) is 4.42. The minimum Gasteiger partial charge on any atom is -0.0622 e. The second-order valence-corrected chi connectivity index (χ2v) is 8.95. The van der Waals surface area contributed by atoms with Crippen molar-refractivity contribution in [2.75, 3.05) is 0 Å². The van der Waals surface area contributed by atoms with Crippen LogP contribution in [-0.4, -0.2) is 0 Å². The Morgan fingerprint density at radius 1 is 0.682 bits per heavy atom. The van der Waals surface area contributed by atoms with Gasteiger partial charge in [-0.25, -0.2) is 0 Å². The third kappa shape index (κ3) is 4.51. The third-order valence-electron chi connectivity index (χ3n) is 3.56. The maximum atomic E-state index is 2.33. The van der Waals surface area contributed by atoms with E-state index in [0.717, 1.165) is 0 Å². The van der Waals surface area contributed by atoms with Crippen molar-refractivity contribution in [2.24, 2.45) is 0 Å². The van der Waals surface area contributed by atoms with Gasteiger partial charge in [0.25, 0.3) is 0 Å². The molecule has 0 N–H and O–H groups in total. The molecule has 0 radical (unpaired) electrons. The van der Waals surface area contributed by atoms with E-state index < -0.39 is 0 Å². The van der Waals surface area contributed by atoms with Crippen LogP contribution in [0.1, 0.15) is 62.4 Å². The first-order valence-electron chi connectivity index (χ1n) is 7.88. The summed E-state index contributed by atoms with van der Waals surface area (Å²) in [6.45, 7) is 13.7. The molecule has 1 heteroatoms. The molecule has 0 bridgehead atoms. The predicted octanol–water partition coefficient (Wildman–Crippen LogP) is 6.79. The molecule has 2 rings (SSSR count). The van der Waals surface area contributed by atoms with E-state index in [4.69, 9.17) is 0 Å². The molecule has 0 aliphatic rings. The zero-order valence-corrected chi connectivity index (χ0v) is 15.4. The lowest BCUT2D eigenvalue weighted by Gasteiger charge is -2.15. The van der Waals surface area contributed by atoms with Gasteiger partial charge in [0, 0.05) is 23.0 Å². The van der Waals surface area contributed by atoms with Gasteiger partial charge in [-0.2, -0.15) is 0 Å². The van der Waals surface area contributed by atoms with Gasteiger partial charge in [0.1, 0.15) is 0 Å². The monoisotopic (exact) mass is 311 g/mol. The van der Waals surface area contributed by atoms with Crippen LogP contribution in [0.25, 0.3) is 12.2 Å². The van der Waals surface area contributed by atoms with Gasteiger partial charge in [0.05, 0.1) is 0 Å². The van der Waals surface area contributed by atoms with E-state index in [1.54, 1.807) is 0 Å². The molecular formula is C21H27S+. The Kier molecular flexibility index (Phi) is 4.87. The van der Waals surface area contributed by atoms with Crippen LogP contribution in [0.15, 0.2) is 42.5 Å². The van der Waals surface area contributed by atoms with Crippen molar-refractivity contribution in [3.63, 3.8) is 0 Å². The van der Waals surface area contributed by atoms with Crippen molar-refractivity contribution >= 4 is 23.5 Å². The van der Waals surface area contributed by atoms with Crippen molar-refractivity contribution in [1.82, 2.24) is 0 Å². The zero-order chi connectivity index (χ0) is 16.4. The minimum atomic E-state index is 0.182. The molecule has 0 aliphatic carbocycles. The van der Waals surface area contributed by atoms with Crippen LogP contribution in [0, 0.1) is 0 Å². The molecule has 0 atom stereocenters. The Morgan fingerprint density at radius 2 is 1.14 bits per heavy atom. The molecule has 1 aromatic carbocycles. The second-order valence-electron chi connectivity index (χ2n) is 7.86. The quantitative estimate of drug-likeness (QED) is 0.535. The van der Waals surface area contributed by atoms with Gasteiger partial charge in [0.15, 0.2) is 0 Å². The molecule has 116 valence electrons. The highest BCUT2D eigenvalue weighted by Gasteiger charge is 2.31. The lowest BCUT2D eigenvalue weighted by atomic mass is 9.91. The molecule has 22 heavy (non-hydrogen) atoms. The molecule has 0 fully saturated rings. The predicted molar refractivity (Wildman–Crippen MR) is 101 cm³/mol. The first kappa shape index (κ1) is 16.9. The summed E-state index contributed by atoms with van der Waals surface area (Å²) < 4.78 is 0. The lowest BCUT2D eigenvalue weighted by Crippen LogP contribution is -2.14. The summed E-state index contributed by atoms with van der Waals surface area (Å²) >= 11 is 1.94. The summed E-state index contributed by atoms with van der Waals surface area (Å²) in [7, 11) is 0. The minimum absolute atomic E-state index is 0.182. The topological polar surface area (TPSA) is 0 Å². The maximum absolute atomic E-state index is 2.33. The summed E-state index contributed by atoms with van der Waals surface area (Å²) in [6, 6.07) is 15.1. The van der Waals surface area contributed by atoms with E-state index >= 15 is 0 Å². The molecule has 0 unspecified atom stereocenters. The van der Waals surface area contributed by atoms with E-state index in [1.807, 2.05) is 11.3 Å². The zero-order valence-electron chi connectivity index (χ0n) is 14.6. The molecule has 1 heterocycles. The standard InChI is InChI=1S/C21H27S/c1-20(2,3)18-14-17(15-19(22-18)21(4,5)6)13-12-16-10-8-7-9-11-16/h7-15H,1-6H3/q+1. The van der Waals surface area contributed by atoms with Gasteiger partial charge < -0.3 is 0 Å². The fourth-order valence-electron chi connectivity index (χ4n) is 2.11. The van der Waals surface area contributed by atoms with E-state index in [-0.39, 0.29) is 10.8 Å². The molecule has 0 spiro atoms. The fraction of sp³-hybridized carbons (Fsp3) is 0.381. The average molecular weight is 312 g/mol. The Balaban J connectivity index is 2.45. The largest absolute Gasteiger partial charge is 0.219 e. The first-order chi connectivity index (χ1) is 10.2. The van der Waals surface area contributed by atoms with Crippen LogP contribution in [0.5, 0.6) is 0 Å². The van der Waals surface area contributed by atoms with Crippen molar-refractivity contribution in [1.29, 1.82) is 0 Å². The maximum Gasteiger partial charge on any atom is 0.219 e. The van der Waals surface area contributed by atoms with Crippen LogP contribution in [0.2, 0.25) is 0 Å². The SMILES string of the molecule is CC(C)(C)c1cc(C=Cc2ccccc2)cc(C(C)(C)C)[s+]1.